The van der Waals surface area contributed by atoms with E-state index in [2.05, 4.69) is 9.68 Å². The maximum Gasteiger partial charge on any atom is 0.430 e. The second-order valence-electron chi connectivity index (χ2n) is 4.67. The summed E-state index contributed by atoms with van der Waals surface area (Å²) in [5.41, 5.74) is -1.52. The maximum atomic E-state index is 12.8. The predicted molar refractivity (Wildman–Crippen MR) is 67.1 cm³/mol. The number of nitrogens with zero attached hydrogens (tertiary/aromatic N) is 2. The number of aliphatic hydroxyl groups is 1. The molecule has 0 radical (unpaired) electrons. The number of halogens is 6. The van der Waals surface area contributed by atoms with E-state index in [1.54, 1.807) is 6.07 Å². The fourth-order valence-corrected chi connectivity index (χ4v) is 1.97. The molecule has 0 aliphatic heterocycles. The molecule has 2 aromatic rings. The summed E-state index contributed by atoms with van der Waals surface area (Å²) in [6, 6.07) is 4.17. The van der Waals surface area contributed by atoms with Crippen LogP contribution in [0, 0.1) is 11.3 Å². The second kappa shape index (κ2) is 5.41. The van der Waals surface area contributed by atoms with Crippen LogP contribution in [0.15, 0.2) is 28.8 Å². The minimum atomic E-state index is -5.98. The molecule has 0 saturated heterocycles. The van der Waals surface area contributed by atoms with Gasteiger partial charge in [-0.1, -0.05) is 29.4 Å². The van der Waals surface area contributed by atoms with Gasteiger partial charge in [0.15, 0.2) is 0 Å². The molecule has 24 heavy (non-hydrogen) atoms. The molecule has 0 unspecified atom stereocenters. The van der Waals surface area contributed by atoms with Crippen LogP contribution in [0.1, 0.15) is 11.1 Å². The van der Waals surface area contributed by atoms with Gasteiger partial charge in [-0.3, -0.25) is 0 Å². The molecule has 1 aromatic heterocycles. The standard InChI is InChI=1S/C13H7F6N3O2/c14-12(15,16)11(23,13(17,18)19)7-3-1-6(2-4-7)9-8(5-20)10(21)24-22-9/h1-4,23H,21H2. The monoisotopic (exact) mass is 351 g/mol. The van der Waals surface area contributed by atoms with Crippen molar-refractivity contribution in [3.63, 3.8) is 0 Å². The fraction of sp³-hybridized carbons (Fsp3) is 0.231. The largest absolute Gasteiger partial charge is 0.430 e. The predicted octanol–water partition coefficient (Wildman–Crippen LogP) is 3.11. The molecule has 2 rings (SSSR count). The minimum absolute atomic E-state index is 0.0116. The third-order valence-corrected chi connectivity index (χ3v) is 3.23. The summed E-state index contributed by atoms with van der Waals surface area (Å²) < 4.78 is 81.2. The minimum Gasteiger partial charge on any atom is -0.369 e. The van der Waals surface area contributed by atoms with Crippen molar-refractivity contribution >= 4 is 5.88 Å². The molecule has 0 spiro atoms. The Morgan fingerprint density at radius 2 is 1.54 bits per heavy atom. The number of anilines is 1. The first-order valence-corrected chi connectivity index (χ1v) is 6.05. The highest BCUT2D eigenvalue weighted by molar-refractivity contribution is 5.71. The number of nitrogen functional groups attached to an aromatic ring is 1. The van der Waals surface area contributed by atoms with Crippen molar-refractivity contribution in [2.24, 2.45) is 0 Å². The Hall–Kier alpha value is -2.74. The molecule has 128 valence electrons. The van der Waals surface area contributed by atoms with Crippen LogP contribution >= 0.6 is 0 Å². The Morgan fingerprint density at radius 1 is 1.04 bits per heavy atom. The molecule has 5 nitrogen and oxygen atoms in total. The zero-order chi connectivity index (χ0) is 18.3. The Bertz CT molecular complexity index is 772. The van der Waals surface area contributed by atoms with Crippen molar-refractivity contribution in [3.8, 4) is 17.3 Å². The number of nitrogens with two attached hydrogens (primary N) is 1. The zero-order valence-electron chi connectivity index (χ0n) is 11.4. The third kappa shape index (κ3) is 2.54. The maximum absolute atomic E-state index is 12.8. The van der Waals surface area contributed by atoms with Gasteiger partial charge in [-0.2, -0.15) is 31.6 Å². The Kier molecular flexibility index (Phi) is 3.97. The molecule has 1 aromatic carbocycles. The molecule has 1 heterocycles. The first-order valence-electron chi connectivity index (χ1n) is 6.05. The van der Waals surface area contributed by atoms with E-state index in [-0.39, 0.29) is 22.7 Å². The fourth-order valence-electron chi connectivity index (χ4n) is 1.97. The van der Waals surface area contributed by atoms with Crippen LogP contribution < -0.4 is 5.73 Å². The summed E-state index contributed by atoms with van der Waals surface area (Å²) in [5.74, 6) is -0.348. The van der Waals surface area contributed by atoms with Crippen LogP contribution in [0.5, 0.6) is 0 Å². The van der Waals surface area contributed by atoms with Crippen LogP contribution in [0.4, 0.5) is 32.2 Å². The lowest BCUT2D eigenvalue weighted by Crippen LogP contribution is -2.53. The van der Waals surface area contributed by atoms with Crippen LogP contribution in [0.2, 0.25) is 0 Å². The van der Waals surface area contributed by atoms with Crippen molar-refractivity contribution < 1.29 is 36.0 Å². The van der Waals surface area contributed by atoms with E-state index in [9.17, 15) is 31.4 Å². The van der Waals surface area contributed by atoms with E-state index in [0.717, 1.165) is 12.1 Å². The summed E-state index contributed by atoms with van der Waals surface area (Å²) in [7, 11) is 0. The van der Waals surface area contributed by atoms with Gasteiger partial charge in [0.1, 0.15) is 17.3 Å². The van der Waals surface area contributed by atoms with Gasteiger partial charge in [0.25, 0.3) is 5.60 Å². The van der Waals surface area contributed by atoms with Crippen molar-refractivity contribution in [2.45, 2.75) is 18.0 Å². The lowest BCUT2D eigenvalue weighted by atomic mass is 9.91. The normalized spacial score (nSPS) is 12.9. The van der Waals surface area contributed by atoms with Gasteiger partial charge in [-0.15, -0.1) is 0 Å². The van der Waals surface area contributed by atoms with Crippen LogP contribution in [0.3, 0.4) is 0 Å². The van der Waals surface area contributed by atoms with Gasteiger partial charge in [-0.25, -0.2) is 0 Å². The molecular formula is C13H7F6N3O2. The third-order valence-electron chi connectivity index (χ3n) is 3.23. The number of aromatic nitrogens is 1. The summed E-state index contributed by atoms with van der Waals surface area (Å²) in [4.78, 5) is 0. The van der Waals surface area contributed by atoms with E-state index < -0.39 is 23.5 Å². The molecule has 0 amide bonds. The average Bonchev–Trinajstić information content (AvgIpc) is 2.85. The van der Waals surface area contributed by atoms with E-state index in [4.69, 9.17) is 11.0 Å². The molecular weight excluding hydrogens is 344 g/mol. The molecule has 0 saturated carbocycles. The number of nitriles is 1. The quantitative estimate of drug-likeness (QED) is 0.811. The van der Waals surface area contributed by atoms with Crippen LogP contribution in [-0.4, -0.2) is 22.6 Å². The second-order valence-corrected chi connectivity index (χ2v) is 4.67. The first kappa shape index (κ1) is 17.6. The number of rotatable bonds is 2. The van der Waals surface area contributed by atoms with Crippen LogP contribution in [-0.2, 0) is 5.60 Å². The van der Waals surface area contributed by atoms with Gasteiger partial charge >= 0.3 is 12.4 Å². The summed E-state index contributed by atoms with van der Waals surface area (Å²) in [5, 5.41) is 21.6. The molecule has 3 N–H and O–H groups in total. The first-order chi connectivity index (χ1) is 10.9. The lowest BCUT2D eigenvalue weighted by Gasteiger charge is -2.32. The molecule has 0 fully saturated rings. The zero-order valence-corrected chi connectivity index (χ0v) is 11.4. The van der Waals surface area contributed by atoms with Crippen LogP contribution in [0.25, 0.3) is 11.3 Å². The Morgan fingerprint density at radius 3 is 1.96 bits per heavy atom. The van der Waals surface area contributed by atoms with E-state index >= 15 is 0 Å². The highest BCUT2D eigenvalue weighted by atomic mass is 19.4. The summed E-state index contributed by atoms with van der Waals surface area (Å²) >= 11 is 0. The number of hydrogen-bond donors (Lipinski definition) is 2. The lowest BCUT2D eigenvalue weighted by molar-refractivity contribution is -0.376. The summed E-state index contributed by atoms with van der Waals surface area (Å²) in [6.45, 7) is 0. The van der Waals surface area contributed by atoms with Gasteiger partial charge in [0, 0.05) is 11.1 Å². The van der Waals surface area contributed by atoms with E-state index in [0.29, 0.717) is 12.1 Å². The van der Waals surface area contributed by atoms with Gasteiger partial charge in [-0.05, 0) is 0 Å². The SMILES string of the molecule is N#Cc1c(-c2ccc(C(O)(C(F)(F)F)C(F)(F)F)cc2)noc1N. The van der Waals surface area contributed by atoms with Crippen molar-refractivity contribution in [1.82, 2.24) is 5.16 Å². The highest BCUT2D eigenvalue weighted by Crippen LogP contribution is 2.50. The van der Waals surface area contributed by atoms with E-state index in [1.807, 2.05) is 0 Å². The van der Waals surface area contributed by atoms with E-state index in [1.165, 1.54) is 0 Å². The molecule has 0 aliphatic carbocycles. The van der Waals surface area contributed by atoms with Crippen molar-refractivity contribution in [2.75, 3.05) is 5.73 Å². The Balaban J connectivity index is 2.54. The van der Waals surface area contributed by atoms with Gasteiger partial charge < -0.3 is 15.4 Å². The molecule has 11 heteroatoms. The van der Waals surface area contributed by atoms with Crippen molar-refractivity contribution in [1.29, 1.82) is 5.26 Å². The van der Waals surface area contributed by atoms with Gasteiger partial charge in [0.05, 0.1) is 0 Å². The molecule has 0 bridgehead atoms. The summed E-state index contributed by atoms with van der Waals surface area (Å²) in [6.07, 6.45) is -12.0. The number of benzene rings is 1. The highest BCUT2D eigenvalue weighted by Gasteiger charge is 2.71. The molecule has 0 atom stereocenters. The molecule has 0 aliphatic rings. The van der Waals surface area contributed by atoms with Crippen molar-refractivity contribution in [3.05, 3.63) is 35.4 Å². The average molecular weight is 351 g/mol. The number of hydrogen-bond acceptors (Lipinski definition) is 5. The smallest absolute Gasteiger partial charge is 0.369 e. The number of alkyl halides is 6. The Labute approximate surface area is 129 Å². The topological polar surface area (TPSA) is 96.1 Å². The van der Waals surface area contributed by atoms with Gasteiger partial charge in [0.2, 0.25) is 5.88 Å².